The van der Waals surface area contributed by atoms with Gasteiger partial charge in [0.2, 0.25) is 12.0 Å². The molecule has 6 nitrogen and oxygen atoms in total. The number of hydrogen-bond donors (Lipinski definition) is 1. The third kappa shape index (κ3) is 3.48. The Balaban J connectivity index is 1.85. The van der Waals surface area contributed by atoms with Crippen molar-refractivity contribution in [3.05, 3.63) is 64.1 Å². The zero-order chi connectivity index (χ0) is 18.8. The summed E-state index contributed by atoms with van der Waals surface area (Å²) >= 11 is 3.31. The molecule has 0 spiro atoms. The fraction of sp³-hybridized carbons (Fsp3) is 0.211. The first-order valence-electron chi connectivity index (χ1n) is 8.01. The van der Waals surface area contributed by atoms with Gasteiger partial charge in [-0.05, 0) is 23.8 Å². The molecule has 1 aliphatic heterocycles. The van der Waals surface area contributed by atoms with E-state index in [1.807, 2.05) is 12.1 Å². The highest BCUT2D eigenvalue weighted by molar-refractivity contribution is 9.10. The van der Waals surface area contributed by atoms with E-state index in [1.165, 1.54) is 11.8 Å². The summed E-state index contributed by atoms with van der Waals surface area (Å²) in [4.78, 5) is 38.0. The lowest BCUT2D eigenvalue weighted by atomic mass is 10.1. The Morgan fingerprint density at radius 2 is 1.81 bits per heavy atom. The second-order valence-electron chi connectivity index (χ2n) is 6.01. The molecule has 0 aromatic heterocycles. The molecular formula is C19H17BrN2O4. The van der Waals surface area contributed by atoms with Crippen LogP contribution in [-0.4, -0.2) is 23.8 Å². The Labute approximate surface area is 159 Å². The van der Waals surface area contributed by atoms with Crippen LogP contribution < -0.4 is 10.6 Å². The normalized spacial score (nSPS) is 16.7. The maximum absolute atomic E-state index is 12.8. The standard InChI is InChI=1S/C19H17BrN2O4/c1-11(23)22-15-5-3-2-4-13(15)10-16(22)19(25)26-17(18(21)24)12-6-8-14(20)9-7-12/h2-9,16-17H,10H2,1H3,(H2,21,24)/t16-,17?/m1/s1. The Hall–Kier alpha value is -2.67. The Morgan fingerprint density at radius 1 is 1.15 bits per heavy atom. The van der Waals surface area contributed by atoms with Gasteiger partial charge in [-0.15, -0.1) is 0 Å². The van der Waals surface area contributed by atoms with Crippen molar-refractivity contribution in [1.82, 2.24) is 0 Å². The van der Waals surface area contributed by atoms with Crippen molar-refractivity contribution in [2.24, 2.45) is 5.73 Å². The van der Waals surface area contributed by atoms with E-state index in [-0.39, 0.29) is 5.91 Å². The first-order chi connectivity index (χ1) is 12.4. The maximum atomic E-state index is 12.8. The fourth-order valence-corrected chi connectivity index (χ4v) is 3.35. The molecule has 0 radical (unpaired) electrons. The molecule has 2 amide bonds. The number of esters is 1. The van der Waals surface area contributed by atoms with Crippen LogP contribution in [0, 0.1) is 0 Å². The molecule has 0 aliphatic carbocycles. The number of fused-ring (bicyclic) bond motifs is 1. The summed E-state index contributed by atoms with van der Waals surface area (Å²) in [6.07, 6.45) is -0.881. The number of rotatable bonds is 4. The molecule has 2 aromatic rings. The van der Waals surface area contributed by atoms with Crippen molar-refractivity contribution in [2.75, 3.05) is 4.90 Å². The van der Waals surface area contributed by atoms with Crippen LogP contribution in [0.15, 0.2) is 53.0 Å². The second kappa shape index (κ2) is 7.29. The molecule has 2 N–H and O–H groups in total. The van der Waals surface area contributed by atoms with Gasteiger partial charge in [0.25, 0.3) is 5.91 Å². The molecule has 26 heavy (non-hydrogen) atoms. The Morgan fingerprint density at radius 3 is 2.42 bits per heavy atom. The highest BCUT2D eigenvalue weighted by atomic mass is 79.9. The number of hydrogen-bond acceptors (Lipinski definition) is 4. The predicted octanol–water partition coefficient (Wildman–Crippen LogP) is 2.50. The number of primary amides is 1. The van der Waals surface area contributed by atoms with E-state index >= 15 is 0 Å². The minimum Gasteiger partial charge on any atom is -0.446 e. The number of nitrogens with zero attached hydrogens (tertiary/aromatic N) is 1. The summed E-state index contributed by atoms with van der Waals surface area (Å²) in [5.74, 6) is -1.70. The number of anilines is 1. The van der Waals surface area contributed by atoms with Crippen molar-refractivity contribution in [2.45, 2.75) is 25.5 Å². The molecule has 1 heterocycles. The lowest BCUT2D eigenvalue weighted by Gasteiger charge is -2.24. The van der Waals surface area contributed by atoms with Crippen LogP contribution in [0.25, 0.3) is 0 Å². The number of amides is 2. The number of para-hydroxylation sites is 1. The van der Waals surface area contributed by atoms with Gasteiger partial charge in [0, 0.05) is 29.1 Å². The number of carbonyl (C=O) groups is 3. The monoisotopic (exact) mass is 416 g/mol. The predicted molar refractivity (Wildman–Crippen MR) is 99.3 cm³/mol. The maximum Gasteiger partial charge on any atom is 0.330 e. The third-order valence-electron chi connectivity index (χ3n) is 4.25. The van der Waals surface area contributed by atoms with Crippen LogP contribution >= 0.6 is 15.9 Å². The summed E-state index contributed by atoms with van der Waals surface area (Å²) in [5, 5.41) is 0. The van der Waals surface area contributed by atoms with E-state index in [0.717, 1.165) is 10.0 Å². The van der Waals surface area contributed by atoms with E-state index in [9.17, 15) is 14.4 Å². The average Bonchev–Trinajstić information content (AvgIpc) is 3.00. The van der Waals surface area contributed by atoms with Gasteiger partial charge in [-0.2, -0.15) is 0 Å². The zero-order valence-electron chi connectivity index (χ0n) is 14.0. The van der Waals surface area contributed by atoms with Crippen molar-refractivity contribution in [3.63, 3.8) is 0 Å². The van der Waals surface area contributed by atoms with Crippen LogP contribution in [0.3, 0.4) is 0 Å². The molecule has 7 heteroatoms. The van der Waals surface area contributed by atoms with Gasteiger partial charge in [-0.3, -0.25) is 14.5 Å². The molecule has 0 bridgehead atoms. The summed E-state index contributed by atoms with van der Waals surface area (Å²) in [6.45, 7) is 1.39. The van der Waals surface area contributed by atoms with Crippen LogP contribution in [0.4, 0.5) is 5.69 Å². The number of benzene rings is 2. The first kappa shape index (κ1) is 18.1. The molecule has 1 unspecified atom stereocenters. The fourth-order valence-electron chi connectivity index (χ4n) is 3.09. The average molecular weight is 417 g/mol. The summed E-state index contributed by atoms with van der Waals surface area (Å²) < 4.78 is 6.23. The first-order valence-corrected chi connectivity index (χ1v) is 8.80. The van der Waals surface area contributed by atoms with E-state index in [0.29, 0.717) is 17.7 Å². The van der Waals surface area contributed by atoms with Gasteiger partial charge < -0.3 is 10.5 Å². The van der Waals surface area contributed by atoms with Gasteiger partial charge in [0.1, 0.15) is 6.04 Å². The SMILES string of the molecule is CC(=O)N1c2ccccc2C[C@@H]1C(=O)OC(C(N)=O)c1ccc(Br)cc1. The summed E-state index contributed by atoms with van der Waals surface area (Å²) in [5.41, 5.74) is 7.46. The largest absolute Gasteiger partial charge is 0.446 e. The quantitative estimate of drug-likeness (QED) is 0.775. The molecule has 3 rings (SSSR count). The van der Waals surface area contributed by atoms with Crippen LogP contribution in [0.2, 0.25) is 0 Å². The molecule has 1 aliphatic rings. The number of nitrogens with two attached hydrogens (primary N) is 1. The molecule has 2 atom stereocenters. The topological polar surface area (TPSA) is 89.7 Å². The van der Waals surface area contributed by atoms with Crippen molar-refractivity contribution < 1.29 is 19.1 Å². The Bertz CT molecular complexity index is 866. The van der Waals surface area contributed by atoms with Gasteiger partial charge in [0.05, 0.1) is 0 Å². The lowest BCUT2D eigenvalue weighted by Crippen LogP contribution is -2.44. The molecule has 2 aromatic carbocycles. The van der Waals surface area contributed by atoms with Gasteiger partial charge in [-0.25, -0.2) is 4.79 Å². The molecule has 0 fully saturated rings. The summed E-state index contributed by atoms with van der Waals surface area (Å²) in [6, 6.07) is 13.2. The van der Waals surface area contributed by atoms with Crippen LogP contribution in [0.1, 0.15) is 24.2 Å². The van der Waals surface area contributed by atoms with Crippen molar-refractivity contribution in [1.29, 1.82) is 0 Å². The molecule has 0 saturated heterocycles. The third-order valence-corrected chi connectivity index (χ3v) is 4.78. The highest BCUT2D eigenvalue weighted by Gasteiger charge is 2.39. The van der Waals surface area contributed by atoms with E-state index in [4.69, 9.17) is 10.5 Å². The van der Waals surface area contributed by atoms with E-state index in [2.05, 4.69) is 15.9 Å². The minimum absolute atomic E-state index is 0.267. The summed E-state index contributed by atoms with van der Waals surface area (Å²) in [7, 11) is 0. The van der Waals surface area contributed by atoms with E-state index in [1.54, 1.807) is 36.4 Å². The van der Waals surface area contributed by atoms with Gasteiger partial charge >= 0.3 is 5.97 Å². The molecular weight excluding hydrogens is 400 g/mol. The zero-order valence-corrected chi connectivity index (χ0v) is 15.6. The van der Waals surface area contributed by atoms with Crippen molar-refractivity contribution >= 4 is 39.4 Å². The number of carbonyl (C=O) groups excluding carboxylic acids is 3. The van der Waals surface area contributed by atoms with Gasteiger partial charge in [0.15, 0.2) is 0 Å². The molecule has 134 valence electrons. The molecule has 0 saturated carbocycles. The van der Waals surface area contributed by atoms with Gasteiger partial charge in [-0.1, -0.05) is 46.3 Å². The lowest BCUT2D eigenvalue weighted by molar-refractivity contribution is -0.157. The van der Waals surface area contributed by atoms with Crippen molar-refractivity contribution in [3.8, 4) is 0 Å². The Kier molecular flexibility index (Phi) is 5.08. The second-order valence-corrected chi connectivity index (χ2v) is 6.92. The minimum atomic E-state index is -1.21. The smallest absolute Gasteiger partial charge is 0.330 e. The number of halogens is 1. The van der Waals surface area contributed by atoms with E-state index < -0.39 is 24.0 Å². The van der Waals surface area contributed by atoms with Crippen LogP contribution in [-0.2, 0) is 25.5 Å². The highest BCUT2D eigenvalue weighted by Crippen LogP contribution is 2.33. The van der Waals surface area contributed by atoms with Crippen LogP contribution in [0.5, 0.6) is 0 Å². The number of ether oxygens (including phenoxy) is 1.